The van der Waals surface area contributed by atoms with Crippen LogP contribution in [-0.2, 0) is 82.5 Å². The van der Waals surface area contributed by atoms with E-state index >= 15 is 0 Å². The number of hydrogen-bond acceptors (Lipinski definition) is 18. The van der Waals surface area contributed by atoms with Gasteiger partial charge in [-0.15, -0.1) is 0 Å². The first-order valence-corrected chi connectivity index (χ1v) is 24.7. The van der Waals surface area contributed by atoms with Crippen molar-refractivity contribution >= 4 is 17.8 Å². The molecule has 0 unspecified atom stereocenters. The maximum absolute atomic E-state index is 12.6. The van der Waals surface area contributed by atoms with Crippen LogP contribution >= 0.6 is 0 Å². The van der Waals surface area contributed by atoms with Crippen molar-refractivity contribution in [3.05, 3.63) is 90.0 Å². The van der Waals surface area contributed by atoms with Gasteiger partial charge in [-0.05, 0) is 61.7 Å². The number of amides is 1. The van der Waals surface area contributed by atoms with E-state index in [1.807, 2.05) is 75.4 Å². The molecule has 0 aliphatic heterocycles. The van der Waals surface area contributed by atoms with Gasteiger partial charge in [0.05, 0.1) is 171 Å². The van der Waals surface area contributed by atoms with E-state index in [1.54, 1.807) is 24.3 Å². The van der Waals surface area contributed by atoms with Crippen LogP contribution in [0.3, 0.4) is 0 Å². The Morgan fingerprint density at radius 3 is 1.29 bits per heavy atom. The van der Waals surface area contributed by atoms with Crippen LogP contribution in [0.5, 0.6) is 5.75 Å². The summed E-state index contributed by atoms with van der Waals surface area (Å²) in [5, 5.41) is 2.77. The Morgan fingerprint density at radius 2 is 0.861 bits per heavy atom. The average Bonchev–Trinajstić information content (AvgIpc) is 3.38. The molecule has 0 saturated heterocycles. The molecule has 0 spiro atoms. The highest BCUT2D eigenvalue weighted by Crippen LogP contribution is 2.24. The van der Waals surface area contributed by atoms with Crippen LogP contribution in [0.1, 0.15) is 43.1 Å². The van der Waals surface area contributed by atoms with Crippen molar-refractivity contribution in [2.45, 2.75) is 39.4 Å². The summed E-state index contributed by atoms with van der Waals surface area (Å²) in [6.45, 7) is 16.6. The molecule has 19 heteroatoms. The minimum Gasteiger partial charge on any atom is -0.484 e. The standard InChI is InChI=1S/C53H79NO18/c1-53(2,3)72-51(56)16-18-58-20-22-60-24-26-62-28-30-64-32-34-66-36-38-68-40-41-69-39-37-67-35-33-65-31-29-63-27-25-61-23-21-59-19-17-54-50(55)44-70-49-14-12-46(13-15-49)47-10-7-11-48(42-47)52(57)71-43-45-8-5-4-6-9-45/h4-15,42H,16-41,43-44H2,1-3H3,(H,54,55). The topological polar surface area (TPSA) is 202 Å². The van der Waals surface area contributed by atoms with E-state index in [0.29, 0.717) is 176 Å². The van der Waals surface area contributed by atoms with Crippen LogP contribution in [0.25, 0.3) is 11.1 Å². The van der Waals surface area contributed by atoms with Crippen molar-refractivity contribution in [1.82, 2.24) is 5.32 Å². The summed E-state index contributed by atoms with van der Waals surface area (Å²) in [7, 11) is 0. The Morgan fingerprint density at radius 1 is 0.444 bits per heavy atom. The second kappa shape index (κ2) is 41.8. The lowest BCUT2D eigenvalue weighted by Gasteiger charge is -2.19. The van der Waals surface area contributed by atoms with Crippen molar-refractivity contribution in [1.29, 1.82) is 0 Å². The van der Waals surface area contributed by atoms with Crippen LogP contribution < -0.4 is 10.1 Å². The predicted molar refractivity (Wildman–Crippen MR) is 266 cm³/mol. The zero-order valence-corrected chi connectivity index (χ0v) is 42.7. The Kier molecular flexibility index (Phi) is 35.8. The van der Waals surface area contributed by atoms with Gasteiger partial charge in [0.2, 0.25) is 0 Å². The SMILES string of the molecule is CC(C)(C)OC(=O)CCOCCOCCOCCOCCOCCOCCOCCOCCOCCOCCOCCOCCNC(=O)COc1ccc(-c2cccc(C(=O)OCc3ccccc3)c2)cc1. The van der Waals surface area contributed by atoms with Crippen LogP contribution in [0.4, 0.5) is 0 Å². The fraction of sp³-hybridized carbons (Fsp3) is 0.604. The molecule has 3 aromatic carbocycles. The molecule has 404 valence electrons. The summed E-state index contributed by atoms with van der Waals surface area (Å²) in [4.78, 5) is 36.5. The third-order valence-electron chi connectivity index (χ3n) is 9.40. The first-order valence-electron chi connectivity index (χ1n) is 24.7. The third-order valence-corrected chi connectivity index (χ3v) is 9.40. The van der Waals surface area contributed by atoms with Crippen LogP contribution in [0.2, 0.25) is 0 Å². The molecule has 0 bridgehead atoms. The Balaban J connectivity index is 0.956. The van der Waals surface area contributed by atoms with Crippen LogP contribution in [0, 0.1) is 0 Å². The highest BCUT2D eigenvalue weighted by Gasteiger charge is 2.16. The van der Waals surface area contributed by atoms with Crippen molar-refractivity contribution in [2.24, 2.45) is 0 Å². The van der Waals surface area contributed by atoms with Crippen molar-refractivity contribution in [2.75, 3.05) is 172 Å². The highest BCUT2D eigenvalue weighted by molar-refractivity contribution is 5.91. The molecule has 0 aromatic heterocycles. The second-order valence-corrected chi connectivity index (χ2v) is 16.5. The molecule has 0 fully saturated rings. The molecule has 0 heterocycles. The average molecular weight is 1020 g/mol. The smallest absolute Gasteiger partial charge is 0.338 e. The van der Waals surface area contributed by atoms with Crippen molar-refractivity contribution in [3.8, 4) is 16.9 Å². The maximum Gasteiger partial charge on any atom is 0.338 e. The van der Waals surface area contributed by atoms with Gasteiger partial charge in [0.1, 0.15) is 18.0 Å². The second-order valence-electron chi connectivity index (χ2n) is 16.5. The molecule has 1 amide bonds. The quantitative estimate of drug-likeness (QED) is 0.0576. The summed E-state index contributed by atoms with van der Waals surface area (Å²) < 4.78 is 82.2. The lowest BCUT2D eigenvalue weighted by atomic mass is 10.0. The minimum atomic E-state index is -0.485. The molecular weight excluding hydrogens is 939 g/mol. The molecule has 72 heavy (non-hydrogen) atoms. The van der Waals surface area contributed by atoms with E-state index in [0.717, 1.165) is 16.7 Å². The summed E-state index contributed by atoms with van der Waals surface area (Å²) >= 11 is 0. The van der Waals surface area contributed by atoms with Crippen molar-refractivity contribution in [3.63, 3.8) is 0 Å². The number of nitrogens with one attached hydrogen (secondary N) is 1. The maximum atomic E-state index is 12.6. The molecule has 0 atom stereocenters. The van der Waals surface area contributed by atoms with Gasteiger partial charge < -0.3 is 76.4 Å². The zero-order valence-electron chi connectivity index (χ0n) is 42.7. The molecule has 0 aliphatic rings. The number of hydrogen-bond donors (Lipinski definition) is 1. The first kappa shape index (κ1) is 61.7. The summed E-state index contributed by atoms with van der Waals surface area (Å²) in [5.74, 6) is -0.373. The van der Waals surface area contributed by atoms with Gasteiger partial charge in [0, 0.05) is 6.54 Å². The van der Waals surface area contributed by atoms with Crippen LogP contribution in [-0.4, -0.2) is 195 Å². The number of rotatable bonds is 46. The number of esters is 2. The fourth-order valence-corrected chi connectivity index (χ4v) is 5.91. The van der Waals surface area contributed by atoms with Gasteiger partial charge in [0.15, 0.2) is 6.61 Å². The fourth-order valence-electron chi connectivity index (χ4n) is 5.91. The Bertz CT molecular complexity index is 1800. The van der Waals surface area contributed by atoms with E-state index < -0.39 is 11.6 Å². The minimum absolute atomic E-state index is 0.130. The van der Waals surface area contributed by atoms with Gasteiger partial charge in [0.25, 0.3) is 5.91 Å². The number of benzene rings is 3. The largest absolute Gasteiger partial charge is 0.484 e. The van der Waals surface area contributed by atoms with Gasteiger partial charge in [-0.3, -0.25) is 9.59 Å². The molecule has 3 rings (SSSR count). The van der Waals surface area contributed by atoms with Crippen molar-refractivity contribution < 1.29 is 85.4 Å². The van der Waals surface area contributed by atoms with E-state index in [4.69, 9.17) is 71.1 Å². The van der Waals surface area contributed by atoms with Gasteiger partial charge in [-0.2, -0.15) is 0 Å². The van der Waals surface area contributed by atoms with Crippen LogP contribution in [0.15, 0.2) is 78.9 Å². The monoisotopic (exact) mass is 1020 g/mol. The van der Waals surface area contributed by atoms with E-state index in [9.17, 15) is 14.4 Å². The number of carbonyl (C=O) groups excluding carboxylic acids is 3. The molecule has 3 aromatic rings. The summed E-state index contributed by atoms with van der Waals surface area (Å²) in [6, 6.07) is 24.1. The molecule has 0 saturated carbocycles. The molecule has 0 aliphatic carbocycles. The van der Waals surface area contributed by atoms with Gasteiger partial charge >= 0.3 is 11.9 Å². The molecule has 1 N–H and O–H groups in total. The number of carbonyl (C=O) groups is 3. The van der Waals surface area contributed by atoms with E-state index in [-0.39, 0.29) is 31.5 Å². The summed E-state index contributed by atoms with van der Waals surface area (Å²) in [6.07, 6.45) is 0.222. The van der Waals surface area contributed by atoms with E-state index in [1.165, 1.54) is 0 Å². The Labute approximate surface area is 425 Å². The van der Waals surface area contributed by atoms with Gasteiger partial charge in [-0.1, -0.05) is 54.6 Å². The third kappa shape index (κ3) is 34.7. The number of ether oxygens (including phenoxy) is 15. The molecule has 19 nitrogen and oxygen atoms in total. The lowest BCUT2D eigenvalue weighted by Crippen LogP contribution is -2.31. The lowest BCUT2D eigenvalue weighted by molar-refractivity contribution is -0.156. The van der Waals surface area contributed by atoms with E-state index in [2.05, 4.69) is 5.32 Å². The normalized spacial score (nSPS) is 11.4. The van der Waals surface area contributed by atoms with Gasteiger partial charge in [-0.25, -0.2) is 4.79 Å². The molecule has 0 radical (unpaired) electrons. The highest BCUT2D eigenvalue weighted by atomic mass is 16.6. The molecular formula is C53H79NO18. The summed E-state index contributed by atoms with van der Waals surface area (Å²) in [5.41, 5.74) is 2.66. The Hall–Kier alpha value is -4.61. The zero-order chi connectivity index (χ0) is 51.4. The predicted octanol–water partition coefficient (Wildman–Crippen LogP) is 5.14. The first-order chi connectivity index (χ1) is 35.2.